The predicted octanol–water partition coefficient (Wildman–Crippen LogP) is 3.76. The van der Waals surface area contributed by atoms with Gasteiger partial charge in [0.2, 0.25) is 0 Å². The molecule has 1 aliphatic carbocycles. The molecule has 0 radical (unpaired) electrons. The van der Waals surface area contributed by atoms with E-state index in [0.717, 1.165) is 24.0 Å². The number of ether oxygens (including phenoxy) is 1. The molecule has 2 atom stereocenters. The first-order chi connectivity index (χ1) is 6.33. The summed E-state index contributed by atoms with van der Waals surface area (Å²) in [6.45, 7) is 3.89. The first kappa shape index (κ1) is 11.5. The first-order valence-electron chi connectivity index (χ1n) is 5.54. The van der Waals surface area contributed by atoms with E-state index in [-0.39, 0.29) is 0 Å². The summed E-state index contributed by atoms with van der Waals surface area (Å²) in [7, 11) is 0. The lowest BCUT2D eigenvalue weighted by atomic mass is 9.86. The summed E-state index contributed by atoms with van der Waals surface area (Å²) in [5.41, 5.74) is 0. The molecule has 0 saturated heterocycles. The maximum absolute atomic E-state index is 5.34. The molecule has 0 aromatic heterocycles. The summed E-state index contributed by atoms with van der Waals surface area (Å²) in [6, 6.07) is 0. The van der Waals surface area contributed by atoms with Crippen LogP contribution in [0.25, 0.3) is 0 Å². The zero-order valence-corrected chi connectivity index (χ0v) is 10.2. The third-order valence-electron chi connectivity index (χ3n) is 2.82. The zero-order valence-electron chi connectivity index (χ0n) is 8.60. The molecule has 0 N–H and O–H groups in total. The topological polar surface area (TPSA) is 9.23 Å². The summed E-state index contributed by atoms with van der Waals surface area (Å²) in [6.07, 6.45) is 8.22. The normalized spacial score (nSPS) is 29.1. The molecule has 0 bridgehead atoms. The van der Waals surface area contributed by atoms with Gasteiger partial charge in [-0.3, -0.25) is 0 Å². The quantitative estimate of drug-likeness (QED) is 0.532. The highest BCUT2D eigenvalue weighted by Crippen LogP contribution is 2.31. The molecule has 1 nitrogen and oxygen atoms in total. The monoisotopic (exact) mass is 248 g/mol. The van der Waals surface area contributed by atoms with Gasteiger partial charge in [-0.15, -0.1) is 0 Å². The molecule has 78 valence electrons. The Morgan fingerprint density at radius 2 is 2.23 bits per heavy atom. The lowest BCUT2D eigenvalue weighted by Gasteiger charge is -2.25. The van der Waals surface area contributed by atoms with Crippen LogP contribution in [-0.4, -0.2) is 18.0 Å². The molecule has 0 aliphatic heterocycles. The molecular formula is C11H21BrO. The zero-order chi connectivity index (χ0) is 9.52. The van der Waals surface area contributed by atoms with Crippen molar-refractivity contribution in [3.63, 3.8) is 0 Å². The molecular weight excluding hydrogens is 228 g/mol. The van der Waals surface area contributed by atoms with Crippen LogP contribution in [0, 0.1) is 5.92 Å². The fourth-order valence-electron chi connectivity index (χ4n) is 2.11. The van der Waals surface area contributed by atoms with Crippen molar-refractivity contribution in [2.45, 2.75) is 50.3 Å². The van der Waals surface area contributed by atoms with Gasteiger partial charge in [0.25, 0.3) is 0 Å². The predicted molar refractivity (Wildman–Crippen MR) is 60.4 cm³/mol. The minimum Gasteiger partial charge on any atom is -0.382 e. The van der Waals surface area contributed by atoms with E-state index < -0.39 is 0 Å². The lowest BCUT2D eigenvalue weighted by Crippen LogP contribution is -2.15. The maximum atomic E-state index is 5.34. The minimum atomic E-state index is 0.790. The number of hydrogen-bond donors (Lipinski definition) is 0. The Bertz CT molecular complexity index is 127. The van der Waals surface area contributed by atoms with E-state index in [1.165, 1.54) is 38.5 Å². The summed E-state index contributed by atoms with van der Waals surface area (Å²) in [5.74, 6) is 0.957. The number of rotatable bonds is 5. The average molecular weight is 249 g/mol. The highest BCUT2D eigenvalue weighted by molar-refractivity contribution is 9.09. The first-order valence-corrected chi connectivity index (χ1v) is 6.46. The molecule has 0 aromatic carbocycles. The van der Waals surface area contributed by atoms with Crippen molar-refractivity contribution in [3.8, 4) is 0 Å². The van der Waals surface area contributed by atoms with Gasteiger partial charge >= 0.3 is 0 Å². The molecule has 1 saturated carbocycles. The highest BCUT2D eigenvalue weighted by Gasteiger charge is 2.19. The summed E-state index contributed by atoms with van der Waals surface area (Å²) >= 11 is 3.72. The van der Waals surface area contributed by atoms with Crippen molar-refractivity contribution in [2.24, 2.45) is 5.92 Å². The molecule has 0 amide bonds. The van der Waals surface area contributed by atoms with E-state index in [2.05, 4.69) is 22.9 Å². The van der Waals surface area contributed by atoms with E-state index >= 15 is 0 Å². The van der Waals surface area contributed by atoms with Crippen molar-refractivity contribution in [3.05, 3.63) is 0 Å². The summed E-state index contributed by atoms with van der Waals surface area (Å²) in [5, 5.41) is 0. The van der Waals surface area contributed by atoms with Crippen molar-refractivity contribution in [1.82, 2.24) is 0 Å². The van der Waals surface area contributed by atoms with Gasteiger partial charge in [0, 0.05) is 18.0 Å². The maximum Gasteiger partial charge on any atom is 0.0465 e. The van der Waals surface area contributed by atoms with E-state index in [1.807, 2.05) is 0 Å². The second-order valence-corrected chi connectivity index (χ2v) is 5.26. The smallest absolute Gasteiger partial charge is 0.0465 e. The molecule has 2 unspecified atom stereocenters. The second-order valence-electron chi connectivity index (χ2n) is 3.97. The van der Waals surface area contributed by atoms with Gasteiger partial charge in [-0.05, 0) is 38.5 Å². The summed E-state index contributed by atoms with van der Waals surface area (Å²) in [4.78, 5) is 0.790. The number of hydrogen-bond acceptors (Lipinski definition) is 1. The molecule has 0 heterocycles. The van der Waals surface area contributed by atoms with Gasteiger partial charge in [0.05, 0.1) is 0 Å². The third kappa shape index (κ3) is 5.02. The SMILES string of the molecule is CCOCCCC1CCCC(Br)C1. The van der Waals surface area contributed by atoms with Crippen LogP contribution >= 0.6 is 15.9 Å². The molecule has 1 aliphatic rings. The molecule has 13 heavy (non-hydrogen) atoms. The van der Waals surface area contributed by atoms with Gasteiger partial charge in [-0.25, -0.2) is 0 Å². The van der Waals surface area contributed by atoms with Crippen molar-refractivity contribution in [2.75, 3.05) is 13.2 Å². The highest BCUT2D eigenvalue weighted by atomic mass is 79.9. The van der Waals surface area contributed by atoms with Crippen molar-refractivity contribution >= 4 is 15.9 Å². The Hall–Kier alpha value is 0.440. The lowest BCUT2D eigenvalue weighted by molar-refractivity contribution is 0.137. The van der Waals surface area contributed by atoms with Crippen LogP contribution in [0.15, 0.2) is 0 Å². The number of halogens is 1. The van der Waals surface area contributed by atoms with Crippen LogP contribution in [0.2, 0.25) is 0 Å². The Morgan fingerprint density at radius 3 is 2.92 bits per heavy atom. The van der Waals surface area contributed by atoms with Gasteiger partial charge < -0.3 is 4.74 Å². The fraction of sp³-hybridized carbons (Fsp3) is 1.00. The Labute approximate surface area is 90.4 Å². The van der Waals surface area contributed by atoms with Crippen LogP contribution in [0.5, 0.6) is 0 Å². The van der Waals surface area contributed by atoms with Crippen molar-refractivity contribution in [1.29, 1.82) is 0 Å². The molecule has 0 spiro atoms. The molecule has 1 fully saturated rings. The van der Waals surface area contributed by atoms with Gasteiger partial charge in [0.1, 0.15) is 0 Å². The number of alkyl halides is 1. The molecule has 2 heteroatoms. The van der Waals surface area contributed by atoms with E-state index in [0.29, 0.717) is 0 Å². The van der Waals surface area contributed by atoms with E-state index in [9.17, 15) is 0 Å². The Balaban J connectivity index is 2.00. The van der Waals surface area contributed by atoms with E-state index in [1.54, 1.807) is 0 Å². The third-order valence-corrected chi connectivity index (χ3v) is 3.66. The Kier molecular flexibility index (Phi) is 6.05. The minimum absolute atomic E-state index is 0.790. The molecule has 1 rings (SSSR count). The van der Waals surface area contributed by atoms with Gasteiger partial charge in [-0.2, -0.15) is 0 Å². The van der Waals surface area contributed by atoms with Crippen LogP contribution in [-0.2, 0) is 4.74 Å². The van der Waals surface area contributed by atoms with Crippen LogP contribution in [0.1, 0.15) is 45.4 Å². The van der Waals surface area contributed by atoms with Gasteiger partial charge in [0.15, 0.2) is 0 Å². The largest absolute Gasteiger partial charge is 0.382 e. The second kappa shape index (κ2) is 6.83. The standard InChI is InChI=1S/C11H21BrO/c1-2-13-8-4-6-10-5-3-7-11(12)9-10/h10-11H,2-9H2,1H3. The van der Waals surface area contributed by atoms with Crippen LogP contribution in [0.3, 0.4) is 0 Å². The van der Waals surface area contributed by atoms with Crippen molar-refractivity contribution < 1.29 is 4.74 Å². The van der Waals surface area contributed by atoms with Crippen LogP contribution < -0.4 is 0 Å². The molecule has 0 aromatic rings. The van der Waals surface area contributed by atoms with E-state index in [4.69, 9.17) is 4.74 Å². The van der Waals surface area contributed by atoms with Crippen LogP contribution in [0.4, 0.5) is 0 Å². The van der Waals surface area contributed by atoms with Gasteiger partial charge in [-0.1, -0.05) is 28.8 Å². The fourth-order valence-corrected chi connectivity index (χ4v) is 2.96. The summed E-state index contributed by atoms with van der Waals surface area (Å²) < 4.78 is 5.34. The average Bonchev–Trinajstić information content (AvgIpc) is 2.13. The Morgan fingerprint density at radius 1 is 1.38 bits per heavy atom.